The van der Waals surface area contributed by atoms with Crippen LogP contribution in [0, 0.1) is 0 Å². The van der Waals surface area contributed by atoms with Crippen molar-refractivity contribution in [1.29, 1.82) is 0 Å². The second-order valence-corrected chi connectivity index (χ2v) is 11.2. The van der Waals surface area contributed by atoms with Crippen LogP contribution in [0.25, 0.3) is 22.6 Å². The van der Waals surface area contributed by atoms with E-state index in [1.165, 1.54) is 0 Å². The van der Waals surface area contributed by atoms with Crippen LogP contribution in [0.3, 0.4) is 0 Å². The van der Waals surface area contributed by atoms with Gasteiger partial charge < -0.3 is 14.0 Å². The highest BCUT2D eigenvalue weighted by atomic mass is 35.5. The fourth-order valence-electron chi connectivity index (χ4n) is 5.38. The zero-order chi connectivity index (χ0) is 30.4. The van der Waals surface area contributed by atoms with Gasteiger partial charge in [0.05, 0.1) is 42.1 Å². The fourth-order valence-corrected chi connectivity index (χ4v) is 5.50. The Morgan fingerprint density at radius 2 is 1.98 bits per heavy atom. The van der Waals surface area contributed by atoms with E-state index in [1.54, 1.807) is 36.5 Å². The maximum atomic E-state index is 14.0. The lowest BCUT2D eigenvalue weighted by molar-refractivity contribution is -0.139. The number of H-pyrrole nitrogens is 1. The molecule has 1 aromatic carbocycles. The molecule has 1 saturated heterocycles. The molecule has 2 aliphatic rings. The zero-order valence-corrected chi connectivity index (χ0v) is 23.9. The number of pyridine rings is 2. The number of rotatable bonds is 8. The summed E-state index contributed by atoms with van der Waals surface area (Å²) in [4.78, 5) is 29.7. The summed E-state index contributed by atoms with van der Waals surface area (Å²) in [5, 5.41) is 4.23. The molecule has 44 heavy (non-hydrogen) atoms. The minimum atomic E-state index is -4.62. The van der Waals surface area contributed by atoms with Gasteiger partial charge in [0.15, 0.2) is 0 Å². The maximum absolute atomic E-state index is 14.0. The van der Waals surface area contributed by atoms with Crippen molar-refractivity contribution in [2.24, 2.45) is 0 Å². The van der Waals surface area contributed by atoms with Crippen molar-refractivity contribution in [2.75, 3.05) is 13.2 Å². The highest BCUT2D eigenvalue weighted by Crippen LogP contribution is 2.38. The summed E-state index contributed by atoms with van der Waals surface area (Å²) in [5.41, 5.74) is 2.69. The van der Waals surface area contributed by atoms with Crippen LogP contribution in [0.4, 0.5) is 13.2 Å². The monoisotopic (exact) mass is 627 g/mol. The van der Waals surface area contributed by atoms with Crippen molar-refractivity contribution in [3.63, 3.8) is 0 Å². The number of hydrogen-bond acceptors (Lipinski definition) is 9. The van der Waals surface area contributed by atoms with E-state index in [0.29, 0.717) is 72.3 Å². The second kappa shape index (κ2) is 11.3. The molecule has 6 heterocycles. The molecule has 0 unspecified atom stereocenters. The molecule has 5 aromatic rings. The molecule has 7 rings (SSSR count). The number of hydrogen-bond donors (Lipinski definition) is 1. The van der Waals surface area contributed by atoms with Crippen molar-refractivity contribution in [3.8, 4) is 17.4 Å². The number of benzene rings is 1. The van der Waals surface area contributed by atoms with E-state index < -0.39 is 23.4 Å². The first kappa shape index (κ1) is 28.5. The van der Waals surface area contributed by atoms with Crippen LogP contribution in [0.1, 0.15) is 34.6 Å². The fraction of sp³-hybridized carbons (Fsp3) is 0.345. The smallest absolute Gasteiger partial charge is 0.439 e. The number of imidazole rings is 1. The molecule has 1 fully saturated rings. The van der Waals surface area contributed by atoms with Crippen molar-refractivity contribution in [2.45, 2.75) is 51.4 Å². The van der Waals surface area contributed by atoms with Gasteiger partial charge in [0.2, 0.25) is 11.7 Å². The molecule has 0 radical (unpaired) electrons. The predicted octanol–water partition coefficient (Wildman–Crippen LogP) is 4.77. The van der Waals surface area contributed by atoms with E-state index in [4.69, 9.17) is 26.1 Å². The third kappa shape index (κ3) is 5.79. The van der Waals surface area contributed by atoms with Crippen LogP contribution in [-0.2, 0) is 43.6 Å². The summed E-state index contributed by atoms with van der Waals surface area (Å²) in [6.07, 6.45) is -1.59. The predicted molar refractivity (Wildman–Crippen MR) is 151 cm³/mol. The number of fused-ring (bicyclic) bond motifs is 2. The quantitative estimate of drug-likeness (QED) is 0.259. The molecular formula is C29H25ClF3N7O4. The lowest BCUT2D eigenvalue weighted by atomic mass is 10.0. The Kier molecular flexibility index (Phi) is 7.34. The largest absolute Gasteiger partial charge is 0.472 e. The van der Waals surface area contributed by atoms with E-state index in [2.05, 4.69) is 34.1 Å². The summed E-state index contributed by atoms with van der Waals surface area (Å²) >= 11 is 5.93. The summed E-state index contributed by atoms with van der Waals surface area (Å²) in [7, 11) is 0. The van der Waals surface area contributed by atoms with E-state index in [0.717, 1.165) is 23.8 Å². The van der Waals surface area contributed by atoms with Gasteiger partial charge in [-0.1, -0.05) is 28.9 Å². The number of halogens is 4. The Bertz CT molecular complexity index is 1880. The molecule has 2 aliphatic heterocycles. The van der Waals surface area contributed by atoms with Gasteiger partial charge in [0.25, 0.3) is 0 Å². The Morgan fingerprint density at radius 3 is 2.68 bits per heavy atom. The minimum absolute atomic E-state index is 0.0441. The number of nitrogens with one attached hydrogen (secondary N) is 1. The first-order valence-corrected chi connectivity index (χ1v) is 14.3. The summed E-state index contributed by atoms with van der Waals surface area (Å²) < 4.78 is 59.9. The normalized spacial score (nSPS) is 17.0. The first-order chi connectivity index (χ1) is 21.2. The lowest BCUT2D eigenvalue weighted by Crippen LogP contribution is -2.34. The van der Waals surface area contributed by atoms with Gasteiger partial charge in [-0.05, 0) is 48.2 Å². The van der Waals surface area contributed by atoms with Gasteiger partial charge in [-0.2, -0.15) is 13.2 Å². The van der Waals surface area contributed by atoms with Crippen molar-refractivity contribution >= 4 is 22.6 Å². The van der Waals surface area contributed by atoms with E-state index >= 15 is 0 Å². The number of nitrogens with zero attached hydrogens (tertiary/aromatic N) is 6. The van der Waals surface area contributed by atoms with Crippen molar-refractivity contribution in [3.05, 3.63) is 86.4 Å². The van der Waals surface area contributed by atoms with E-state index in [-0.39, 0.29) is 18.5 Å². The SMILES string of the molecule is O=c1[nH]c(-c2cc3nc(CN4CCc5cc(C(F)(F)F)c(OCc6ccc(Cl)cc6)nc5C4)n(C[C@@H]4CCO4)c3cn2)no1. The first-order valence-electron chi connectivity index (χ1n) is 13.9. The van der Waals surface area contributed by atoms with Crippen molar-refractivity contribution < 1.29 is 27.2 Å². The molecule has 0 spiro atoms. The van der Waals surface area contributed by atoms with Gasteiger partial charge in [0.1, 0.15) is 23.7 Å². The average molecular weight is 628 g/mol. The van der Waals surface area contributed by atoms with Gasteiger partial charge >= 0.3 is 11.9 Å². The number of ether oxygens (including phenoxy) is 2. The summed E-state index contributed by atoms with van der Waals surface area (Å²) in [5.74, 6) is -0.193. The molecular weight excluding hydrogens is 603 g/mol. The Hall–Kier alpha value is -4.27. The van der Waals surface area contributed by atoms with Crippen molar-refractivity contribution in [1.82, 2.24) is 34.6 Å². The zero-order valence-electron chi connectivity index (χ0n) is 23.1. The van der Waals surface area contributed by atoms with Gasteiger partial charge in [-0.3, -0.25) is 19.4 Å². The highest BCUT2D eigenvalue weighted by molar-refractivity contribution is 6.30. The topological polar surface area (TPSA) is 124 Å². The molecule has 0 aliphatic carbocycles. The average Bonchev–Trinajstić information content (AvgIpc) is 3.56. The van der Waals surface area contributed by atoms with Gasteiger partial charge in [-0.15, -0.1) is 0 Å². The molecule has 15 heteroatoms. The summed E-state index contributed by atoms with van der Waals surface area (Å²) in [6.45, 7) is 2.45. The van der Waals surface area contributed by atoms with E-state index in [9.17, 15) is 18.0 Å². The van der Waals surface area contributed by atoms with Gasteiger partial charge in [0, 0.05) is 24.7 Å². The highest BCUT2D eigenvalue weighted by Gasteiger charge is 2.37. The number of alkyl halides is 3. The van der Waals surface area contributed by atoms with Crippen LogP contribution in [0.5, 0.6) is 5.88 Å². The third-order valence-electron chi connectivity index (χ3n) is 7.76. The van der Waals surface area contributed by atoms with Crippen LogP contribution >= 0.6 is 11.6 Å². The molecule has 0 saturated carbocycles. The molecule has 4 aromatic heterocycles. The Morgan fingerprint density at radius 1 is 1.16 bits per heavy atom. The Labute approximate surface area is 252 Å². The molecule has 0 amide bonds. The molecule has 0 bridgehead atoms. The van der Waals surface area contributed by atoms with Gasteiger partial charge in [-0.25, -0.2) is 14.8 Å². The number of aromatic nitrogens is 6. The molecule has 11 nitrogen and oxygen atoms in total. The molecule has 228 valence electrons. The minimum Gasteiger partial charge on any atom is -0.472 e. The van der Waals surface area contributed by atoms with Crippen LogP contribution in [0.15, 0.2) is 51.9 Å². The molecule has 1 N–H and O–H groups in total. The maximum Gasteiger partial charge on any atom is 0.439 e. The Balaban J connectivity index is 1.16. The second-order valence-electron chi connectivity index (χ2n) is 10.7. The van der Waals surface area contributed by atoms with Crippen LogP contribution in [0.2, 0.25) is 5.02 Å². The lowest BCUT2D eigenvalue weighted by Gasteiger charge is -2.30. The van der Waals surface area contributed by atoms with Crippen LogP contribution < -0.4 is 10.5 Å². The summed E-state index contributed by atoms with van der Waals surface area (Å²) in [6, 6.07) is 9.57. The van der Waals surface area contributed by atoms with Crippen LogP contribution in [-0.4, -0.2) is 53.8 Å². The third-order valence-corrected chi connectivity index (χ3v) is 8.01. The van der Waals surface area contributed by atoms with E-state index in [1.807, 2.05) is 0 Å². The molecule has 1 atom stereocenters. The standard InChI is InChI=1S/C29H25ClF3N7O4/c30-18-3-1-16(2-4-18)15-43-27-20(29(31,32)33)9-17-5-7-39(13-23(17)36-27)14-25-35-21-10-22(26-37-28(41)44-38-26)34-11-24(21)40(25)12-19-6-8-42-19/h1-4,9-11,19H,5-8,12-15H2,(H,37,38,41)/t19-/m0/s1. The number of aromatic amines is 1.